The lowest BCUT2D eigenvalue weighted by atomic mass is 10.1. The van der Waals surface area contributed by atoms with Crippen LogP contribution in [0.25, 0.3) is 0 Å². The van der Waals surface area contributed by atoms with Crippen molar-refractivity contribution in [2.75, 3.05) is 31.7 Å². The Morgan fingerprint density at radius 1 is 1.50 bits per heavy atom. The molecule has 1 rings (SSSR count). The molecule has 0 aromatic heterocycles. The van der Waals surface area contributed by atoms with E-state index in [0.717, 1.165) is 5.69 Å². The molecule has 0 heterocycles. The molecule has 1 aromatic carbocycles. The van der Waals surface area contributed by atoms with Gasteiger partial charge in [0.15, 0.2) is 6.29 Å². The minimum absolute atomic E-state index is 0.0840. The Morgan fingerprint density at radius 3 is 2.78 bits per heavy atom. The molecule has 0 atom stereocenters. The first-order chi connectivity index (χ1) is 8.60. The average Bonchev–Trinajstić information content (AvgIpc) is 2.37. The Balaban J connectivity index is 2.84. The number of rotatable bonds is 7. The lowest BCUT2D eigenvalue weighted by molar-refractivity contribution is -0.385. The first-order valence-electron chi connectivity index (χ1n) is 5.62. The van der Waals surface area contributed by atoms with Crippen molar-refractivity contribution in [1.29, 1.82) is 0 Å². The van der Waals surface area contributed by atoms with Gasteiger partial charge < -0.3 is 9.64 Å². The van der Waals surface area contributed by atoms with Crippen LogP contribution >= 0.6 is 0 Å². The van der Waals surface area contributed by atoms with Crippen molar-refractivity contribution in [2.24, 2.45) is 0 Å². The fraction of sp³-hybridized carbons (Fsp3) is 0.417. The summed E-state index contributed by atoms with van der Waals surface area (Å²) in [5, 5.41) is 10.7. The molecule has 0 N–H and O–H groups in total. The minimum Gasteiger partial charge on any atom is -0.380 e. The number of carbonyl (C=O) groups excluding carboxylic acids is 1. The topological polar surface area (TPSA) is 72.7 Å². The van der Waals surface area contributed by atoms with Gasteiger partial charge in [0.2, 0.25) is 0 Å². The number of nitrogens with zero attached hydrogens (tertiary/aromatic N) is 2. The number of ether oxygens (including phenoxy) is 1. The largest absolute Gasteiger partial charge is 0.380 e. The fourth-order valence-corrected chi connectivity index (χ4v) is 1.51. The van der Waals surface area contributed by atoms with Crippen LogP contribution in [-0.2, 0) is 4.74 Å². The summed E-state index contributed by atoms with van der Waals surface area (Å²) in [4.78, 5) is 22.8. The molecule has 98 valence electrons. The molecule has 0 spiro atoms. The van der Waals surface area contributed by atoms with Crippen LogP contribution in [0.1, 0.15) is 17.3 Å². The summed E-state index contributed by atoms with van der Waals surface area (Å²) in [6.07, 6.45) is 0.498. The highest BCUT2D eigenvalue weighted by atomic mass is 16.6. The van der Waals surface area contributed by atoms with E-state index in [1.54, 1.807) is 6.07 Å². The number of hydrogen-bond donors (Lipinski definition) is 0. The van der Waals surface area contributed by atoms with Gasteiger partial charge in [-0.3, -0.25) is 14.9 Å². The number of nitro benzene ring substituents is 1. The Kier molecular flexibility index (Phi) is 5.26. The number of aldehydes is 1. The van der Waals surface area contributed by atoms with E-state index in [4.69, 9.17) is 4.74 Å². The summed E-state index contributed by atoms with van der Waals surface area (Å²) in [6.45, 7) is 3.79. The molecule has 0 fully saturated rings. The summed E-state index contributed by atoms with van der Waals surface area (Å²) in [6, 6.07) is 4.48. The van der Waals surface area contributed by atoms with Crippen molar-refractivity contribution in [3.63, 3.8) is 0 Å². The number of carbonyl (C=O) groups is 1. The van der Waals surface area contributed by atoms with Gasteiger partial charge in [-0.1, -0.05) is 0 Å². The van der Waals surface area contributed by atoms with Crippen molar-refractivity contribution in [2.45, 2.75) is 6.92 Å². The van der Waals surface area contributed by atoms with Crippen LogP contribution in [0.3, 0.4) is 0 Å². The third-order valence-electron chi connectivity index (χ3n) is 2.55. The van der Waals surface area contributed by atoms with E-state index >= 15 is 0 Å². The van der Waals surface area contributed by atoms with Crippen molar-refractivity contribution in [3.8, 4) is 0 Å². The van der Waals surface area contributed by atoms with E-state index in [-0.39, 0.29) is 11.3 Å². The standard InChI is InChI=1S/C12H16N2O4/c1-3-18-7-6-13(2)11-4-5-12(14(16)17)10(8-11)9-15/h4-5,8-9H,3,6-7H2,1-2H3. The zero-order valence-corrected chi connectivity index (χ0v) is 10.5. The second kappa shape index (κ2) is 6.70. The summed E-state index contributed by atoms with van der Waals surface area (Å²) >= 11 is 0. The van der Waals surface area contributed by atoms with Crippen molar-refractivity contribution in [3.05, 3.63) is 33.9 Å². The van der Waals surface area contributed by atoms with Crippen molar-refractivity contribution < 1.29 is 14.5 Å². The summed E-state index contributed by atoms with van der Waals surface area (Å²) in [5.74, 6) is 0. The third kappa shape index (κ3) is 3.53. The molecule has 0 unspecified atom stereocenters. The lowest BCUT2D eigenvalue weighted by Gasteiger charge is -2.19. The molecule has 1 aromatic rings. The van der Waals surface area contributed by atoms with E-state index in [2.05, 4.69) is 0 Å². The van der Waals surface area contributed by atoms with Gasteiger partial charge in [0.05, 0.1) is 17.1 Å². The number of nitro groups is 1. The van der Waals surface area contributed by atoms with Crippen LogP contribution in [0.4, 0.5) is 11.4 Å². The van der Waals surface area contributed by atoms with Gasteiger partial charge in [-0.05, 0) is 19.1 Å². The Labute approximate surface area is 105 Å². The SMILES string of the molecule is CCOCCN(C)c1ccc([N+](=O)[O-])c(C=O)c1. The van der Waals surface area contributed by atoms with Crippen LogP contribution in [0.15, 0.2) is 18.2 Å². The molecule has 0 amide bonds. The Hall–Kier alpha value is -1.95. The maximum atomic E-state index is 10.8. The van der Waals surface area contributed by atoms with Gasteiger partial charge in [0.1, 0.15) is 0 Å². The van der Waals surface area contributed by atoms with Gasteiger partial charge in [-0.2, -0.15) is 0 Å². The average molecular weight is 252 g/mol. The number of hydrogen-bond acceptors (Lipinski definition) is 5. The van der Waals surface area contributed by atoms with Gasteiger partial charge in [-0.25, -0.2) is 0 Å². The summed E-state index contributed by atoms with van der Waals surface area (Å²) in [7, 11) is 1.84. The van der Waals surface area contributed by atoms with Crippen LogP contribution in [0, 0.1) is 10.1 Å². The van der Waals surface area contributed by atoms with Gasteiger partial charge in [0, 0.05) is 32.0 Å². The predicted octanol–water partition coefficient (Wildman–Crippen LogP) is 1.88. The summed E-state index contributed by atoms with van der Waals surface area (Å²) < 4.78 is 5.22. The van der Waals surface area contributed by atoms with Crippen molar-refractivity contribution >= 4 is 17.7 Å². The Bertz CT molecular complexity index is 434. The zero-order valence-electron chi connectivity index (χ0n) is 10.5. The molecule has 0 aliphatic rings. The second-order valence-electron chi connectivity index (χ2n) is 3.74. The first-order valence-corrected chi connectivity index (χ1v) is 5.62. The van der Waals surface area contributed by atoms with Crippen LogP contribution < -0.4 is 4.90 Å². The van der Waals surface area contributed by atoms with Crippen LogP contribution in [0.5, 0.6) is 0 Å². The number of benzene rings is 1. The number of likely N-dealkylation sites (N-methyl/N-ethyl adjacent to an activating group) is 1. The molecular formula is C12H16N2O4. The van der Waals surface area contributed by atoms with Gasteiger partial charge in [0.25, 0.3) is 5.69 Å². The molecule has 6 heteroatoms. The van der Waals surface area contributed by atoms with E-state index in [0.29, 0.717) is 26.0 Å². The highest BCUT2D eigenvalue weighted by Crippen LogP contribution is 2.22. The third-order valence-corrected chi connectivity index (χ3v) is 2.55. The smallest absolute Gasteiger partial charge is 0.280 e. The van der Waals surface area contributed by atoms with Gasteiger partial charge in [-0.15, -0.1) is 0 Å². The maximum Gasteiger partial charge on any atom is 0.280 e. The molecular weight excluding hydrogens is 236 g/mol. The quantitative estimate of drug-likeness (QED) is 0.320. The molecule has 6 nitrogen and oxygen atoms in total. The van der Waals surface area contributed by atoms with E-state index in [1.165, 1.54) is 12.1 Å². The molecule has 0 aliphatic carbocycles. The maximum absolute atomic E-state index is 10.8. The lowest BCUT2D eigenvalue weighted by Crippen LogP contribution is -2.22. The molecule has 0 saturated carbocycles. The normalized spacial score (nSPS) is 10.1. The van der Waals surface area contributed by atoms with Crippen molar-refractivity contribution in [1.82, 2.24) is 0 Å². The Morgan fingerprint density at radius 2 is 2.22 bits per heavy atom. The van der Waals surface area contributed by atoms with E-state index in [1.807, 2.05) is 18.9 Å². The summed E-state index contributed by atoms with van der Waals surface area (Å²) in [5.41, 5.74) is 0.662. The number of anilines is 1. The molecule has 0 bridgehead atoms. The molecule has 0 aliphatic heterocycles. The fourth-order valence-electron chi connectivity index (χ4n) is 1.51. The zero-order chi connectivity index (χ0) is 13.5. The highest BCUT2D eigenvalue weighted by molar-refractivity contribution is 5.83. The molecule has 0 radical (unpaired) electrons. The first kappa shape index (κ1) is 14.1. The second-order valence-corrected chi connectivity index (χ2v) is 3.74. The molecule has 0 saturated heterocycles. The van der Waals surface area contributed by atoms with E-state index < -0.39 is 4.92 Å². The predicted molar refractivity (Wildman–Crippen MR) is 68.2 cm³/mol. The van der Waals surface area contributed by atoms with Gasteiger partial charge >= 0.3 is 0 Å². The van der Waals surface area contributed by atoms with Crippen LogP contribution in [-0.4, -0.2) is 38.0 Å². The monoisotopic (exact) mass is 252 g/mol. The highest BCUT2D eigenvalue weighted by Gasteiger charge is 2.14. The van der Waals surface area contributed by atoms with E-state index in [9.17, 15) is 14.9 Å². The minimum atomic E-state index is -0.562. The molecule has 18 heavy (non-hydrogen) atoms. The van der Waals surface area contributed by atoms with Crippen LogP contribution in [0.2, 0.25) is 0 Å².